The lowest BCUT2D eigenvalue weighted by Crippen LogP contribution is -2.25. The third kappa shape index (κ3) is 4.21. The molecule has 4 nitrogen and oxygen atoms in total. The van der Waals surface area contributed by atoms with Gasteiger partial charge in [-0.05, 0) is 75.8 Å². The van der Waals surface area contributed by atoms with Gasteiger partial charge in [-0.2, -0.15) is 0 Å². The summed E-state index contributed by atoms with van der Waals surface area (Å²) in [5, 5.41) is 3.12. The average molecular weight is 374 g/mol. The van der Waals surface area contributed by atoms with Crippen LogP contribution in [0.3, 0.4) is 0 Å². The van der Waals surface area contributed by atoms with Crippen molar-refractivity contribution in [1.29, 1.82) is 0 Å². The molecule has 140 valence electrons. The van der Waals surface area contributed by atoms with Crippen molar-refractivity contribution >= 4 is 17.2 Å². The van der Waals surface area contributed by atoms with Gasteiger partial charge in [0.1, 0.15) is 0 Å². The number of ether oxygens (including phenoxy) is 2. The molecule has 0 aliphatic heterocycles. The van der Waals surface area contributed by atoms with Gasteiger partial charge in [-0.15, -0.1) is 11.3 Å². The highest BCUT2D eigenvalue weighted by molar-refractivity contribution is 7.14. The van der Waals surface area contributed by atoms with Gasteiger partial charge in [0.25, 0.3) is 5.91 Å². The molecular weight excluding hydrogens is 346 g/mol. The quantitative estimate of drug-likeness (QED) is 0.750. The molecule has 0 unspecified atom stereocenters. The smallest absolute Gasteiger partial charge is 0.261 e. The molecule has 0 saturated heterocycles. The number of benzene rings is 1. The van der Waals surface area contributed by atoms with E-state index in [4.69, 9.17) is 9.47 Å². The Morgan fingerprint density at radius 1 is 1.12 bits per heavy atom. The van der Waals surface area contributed by atoms with Crippen molar-refractivity contribution in [1.82, 2.24) is 5.32 Å². The maximum absolute atomic E-state index is 12.7. The van der Waals surface area contributed by atoms with Crippen molar-refractivity contribution in [2.75, 3.05) is 13.2 Å². The Labute approximate surface area is 159 Å². The van der Waals surface area contributed by atoms with Gasteiger partial charge in [-0.25, -0.2) is 0 Å². The summed E-state index contributed by atoms with van der Waals surface area (Å²) in [5.74, 6) is 1.46. The molecule has 1 heterocycles. The molecule has 0 radical (unpaired) electrons. The highest BCUT2D eigenvalue weighted by atomic mass is 32.1. The molecule has 1 aromatic carbocycles. The third-order valence-electron chi connectivity index (χ3n) is 4.64. The summed E-state index contributed by atoms with van der Waals surface area (Å²) < 4.78 is 11.3. The first-order valence-electron chi connectivity index (χ1n) is 9.44. The Kier molecular flexibility index (Phi) is 6.20. The number of hydrogen-bond donors (Lipinski definition) is 1. The van der Waals surface area contributed by atoms with Crippen LogP contribution >= 0.6 is 11.3 Å². The van der Waals surface area contributed by atoms with E-state index in [-0.39, 0.29) is 11.9 Å². The second-order valence-electron chi connectivity index (χ2n) is 6.53. The fourth-order valence-electron chi connectivity index (χ4n) is 3.29. The Hall–Kier alpha value is -2.01. The Morgan fingerprint density at radius 2 is 1.85 bits per heavy atom. The SMILES string of the molecule is CCOc1ccc([C@H](C)NC(=O)c2cc3c(s2)CCCC3)cc1OCC. The fourth-order valence-corrected chi connectivity index (χ4v) is 4.45. The maximum atomic E-state index is 12.7. The summed E-state index contributed by atoms with van der Waals surface area (Å²) in [5.41, 5.74) is 2.37. The summed E-state index contributed by atoms with van der Waals surface area (Å²) in [4.78, 5) is 14.9. The van der Waals surface area contributed by atoms with Crippen LogP contribution in [0.25, 0.3) is 0 Å². The number of hydrogen-bond acceptors (Lipinski definition) is 4. The maximum Gasteiger partial charge on any atom is 0.261 e. The fraction of sp³-hybridized carbons (Fsp3) is 0.476. The first-order chi connectivity index (χ1) is 12.6. The molecule has 1 amide bonds. The van der Waals surface area contributed by atoms with Crippen molar-refractivity contribution < 1.29 is 14.3 Å². The molecule has 1 N–H and O–H groups in total. The predicted octanol–water partition coefficient (Wildman–Crippen LogP) is 4.92. The summed E-state index contributed by atoms with van der Waals surface area (Å²) >= 11 is 1.64. The Balaban J connectivity index is 1.72. The van der Waals surface area contributed by atoms with E-state index >= 15 is 0 Å². The van der Waals surface area contributed by atoms with Gasteiger partial charge >= 0.3 is 0 Å². The van der Waals surface area contributed by atoms with Crippen LogP contribution in [-0.2, 0) is 12.8 Å². The topological polar surface area (TPSA) is 47.6 Å². The molecule has 1 aromatic heterocycles. The van der Waals surface area contributed by atoms with Crippen LogP contribution in [0.4, 0.5) is 0 Å². The van der Waals surface area contributed by atoms with Crippen molar-refractivity contribution in [3.05, 3.63) is 45.1 Å². The van der Waals surface area contributed by atoms with Gasteiger partial charge in [0.05, 0.1) is 24.1 Å². The lowest BCUT2D eigenvalue weighted by Gasteiger charge is -2.17. The third-order valence-corrected chi connectivity index (χ3v) is 5.87. The zero-order valence-electron chi connectivity index (χ0n) is 15.8. The second-order valence-corrected chi connectivity index (χ2v) is 7.67. The first kappa shape index (κ1) is 18.8. The molecule has 1 aliphatic rings. The van der Waals surface area contributed by atoms with E-state index in [1.54, 1.807) is 11.3 Å². The normalized spacial score (nSPS) is 14.4. The monoisotopic (exact) mass is 373 g/mol. The second kappa shape index (κ2) is 8.58. The molecule has 3 rings (SSSR count). The van der Waals surface area contributed by atoms with Crippen molar-refractivity contribution in [2.24, 2.45) is 0 Å². The molecule has 0 spiro atoms. The van der Waals surface area contributed by atoms with E-state index in [1.807, 2.05) is 39.0 Å². The summed E-state index contributed by atoms with van der Waals surface area (Å²) in [6.45, 7) is 7.07. The van der Waals surface area contributed by atoms with Gasteiger partial charge in [-0.3, -0.25) is 4.79 Å². The van der Waals surface area contributed by atoms with Crippen molar-refractivity contribution in [3.8, 4) is 11.5 Å². The number of amides is 1. The number of aryl methyl sites for hydroxylation is 2. The van der Waals surface area contributed by atoms with Crippen LogP contribution in [0.2, 0.25) is 0 Å². The number of nitrogens with one attached hydrogen (secondary N) is 1. The molecule has 1 atom stereocenters. The van der Waals surface area contributed by atoms with Crippen molar-refractivity contribution in [2.45, 2.75) is 52.5 Å². The Bertz CT molecular complexity index is 745. The van der Waals surface area contributed by atoms with Gasteiger partial charge in [0.15, 0.2) is 11.5 Å². The number of rotatable bonds is 7. The molecule has 0 bridgehead atoms. The van der Waals surface area contributed by atoms with Gasteiger partial charge < -0.3 is 14.8 Å². The lowest BCUT2D eigenvalue weighted by molar-refractivity contribution is 0.0944. The van der Waals surface area contributed by atoms with Gasteiger partial charge in [-0.1, -0.05) is 6.07 Å². The predicted molar refractivity (Wildman–Crippen MR) is 106 cm³/mol. The summed E-state index contributed by atoms with van der Waals surface area (Å²) in [6, 6.07) is 7.83. The molecule has 1 aliphatic carbocycles. The summed E-state index contributed by atoms with van der Waals surface area (Å²) in [6.07, 6.45) is 4.68. The zero-order valence-corrected chi connectivity index (χ0v) is 16.6. The molecule has 0 saturated carbocycles. The van der Waals surface area contributed by atoms with Crippen LogP contribution in [0, 0.1) is 0 Å². The first-order valence-corrected chi connectivity index (χ1v) is 10.3. The molecule has 2 aromatic rings. The average Bonchev–Trinajstić information content (AvgIpc) is 3.08. The molecule has 5 heteroatoms. The zero-order chi connectivity index (χ0) is 18.5. The highest BCUT2D eigenvalue weighted by Gasteiger charge is 2.19. The van der Waals surface area contributed by atoms with Crippen LogP contribution in [0.1, 0.15) is 65.3 Å². The molecular formula is C21H27NO3S. The number of carbonyl (C=O) groups excluding carboxylic acids is 1. The van der Waals surface area contributed by atoms with E-state index in [2.05, 4.69) is 11.4 Å². The minimum absolute atomic E-state index is 0.00347. The van der Waals surface area contributed by atoms with Gasteiger partial charge in [0, 0.05) is 4.88 Å². The standard InChI is InChI=1S/C21H27NO3S/c1-4-24-17-11-10-15(12-18(17)25-5-2)14(3)22-21(23)20-13-16-8-6-7-9-19(16)26-20/h10-14H,4-9H2,1-3H3,(H,22,23)/t14-/m0/s1. The van der Waals surface area contributed by atoms with Crippen LogP contribution < -0.4 is 14.8 Å². The minimum atomic E-state index is -0.100. The van der Waals surface area contributed by atoms with E-state index < -0.39 is 0 Å². The number of thiophene rings is 1. The summed E-state index contributed by atoms with van der Waals surface area (Å²) in [7, 11) is 0. The number of fused-ring (bicyclic) bond motifs is 1. The van der Waals surface area contributed by atoms with Crippen LogP contribution in [-0.4, -0.2) is 19.1 Å². The number of carbonyl (C=O) groups is 1. The van der Waals surface area contributed by atoms with Crippen LogP contribution in [0.15, 0.2) is 24.3 Å². The lowest BCUT2D eigenvalue weighted by atomic mass is 9.99. The highest BCUT2D eigenvalue weighted by Crippen LogP contribution is 2.32. The minimum Gasteiger partial charge on any atom is -0.490 e. The Morgan fingerprint density at radius 3 is 2.58 bits per heavy atom. The molecule has 26 heavy (non-hydrogen) atoms. The largest absolute Gasteiger partial charge is 0.490 e. The van der Waals surface area contributed by atoms with Gasteiger partial charge in [0.2, 0.25) is 0 Å². The van der Waals surface area contributed by atoms with E-state index in [9.17, 15) is 4.79 Å². The van der Waals surface area contributed by atoms with E-state index in [1.165, 1.54) is 23.3 Å². The van der Waals surface area contributed by atoms with E-state index in [0.717, 1.165) is 34.8 Å². The van der Waals surface area contributed by atoms with Crippen molar-refractivity contribution in [3.63, 3.8) is 0 Å². The van der Waals surface area contributed by atoms with E-state index in [0.29, 0.717) is 13.2 Å². The molecule has 0 fully saturated rings. The van der Waals surface area contributed by atoms with Crippen LogP contribution in [0.5, 0.6) is 11.5 Å².